The van der Waals surface area contributed by atoms with Gasteiger partial charge >= 0.3 is 0 Å². The predicted molar refractivity (Wildman–Crippen MR) is 122 cm³/mol. The van der Waals surface area contributed by atoms with Crippen LogP contribution in [0.4, 0.5) is 5.13 Å². The van der Waals surface area contributed by atoms with E-state index in [2.05, 4.69) is 20.8 Å². The van der Waals surface area contributed by atoms with Gasteiger partial charge < -0.3 is 14.4 Å². The number of ether oxygens (including phenoxy) is 2. The van der Waals surface area contributed by atoms with Crippen molar-refractivity contribution in [1.29, 1.82) is 0 Å². The summed E-state index contributed by atoms with van der Waals surface area (Å²) in [7, 11) is 3.98. The van der Waals surface area contributed by atoms with Crippen molar-refractivity contribution in [1.82, 2.24) is 9.88 Å². The minimum Gasteiger partial charge on any atom is -0.486 e. The molecule has 0 unspecified atom stereocenters. The molecular formula is C20H21BrClN3O3S. The Morgan fingerprint density at radius 2 is 1.76 bits per heavy atom. The fraction of sp³-hybridized carbons (Fsp3) is 0.300. The van der Waals surface area contributed by atoms with Crippen molar-refractivity contribution in [2.75, 3.05) is 45.3 Å². The van der Waals surface area contributed by atoms with Crippen LogP contribution in [-0.4, -0.2) is 56.2 Å². The Morgan fingerprint density at radius 3 is 2.41 bits per heavy atom. The van der Waals surface area contributed by atoms with Crippen LogP contribution in [-0.2, 0) is 0 Å². The van der Waals surface area contributed by atoms with Crippen molar-refractivity contribution < 1.29 is 14.3 Å². The summed E-state index contributed by atoms with van der Waals surface area (Å²) in [5, 5.41) is 0.673. The Hall–Kier alpha value is -1.87. The zero-order valence-electron chi connectivity index (χ0n) is 16.1. The van der Waals surface area contributed by atoms with Crippen molar-refractivity contribution in [2.45, 2.75) is 0 Å². The number of amides is 1. The monoisotopic (exact) mass is 497 g/mol. The van der Waals surface area contributed by atoms with Gasteiger partial charge in [0, 0.05) is 35.3 Å². The summed E-state index contributed by atoms with van der Waals surface area (Å²) in [6, 6.07) is 11.2. The molecule has 0 radical (unpaired) electrons. The lowest BCUT2D eigenvalue weighted by atomic mass is 10.2. The third-order valence-electron chi connectivity index (χ3n) is 4.38. The van der Waals surface area contributed by atoms with E-state index in [1.54, 1.807) is 4.90 Å². The number of aromatic nitrogens is 1. The van der Waals surface area contributed by atoms with Crippen LogP contribution in [0, 0.1) is 0 Å². The quantitative estimate of drug-likeness (QED) is 0.520. The van der Waals surface area contributed by atoms with Crippen molar-refractivity contribution in [3.63, 3.8) is 0 Å². The molecule has 2 heterocycles. The summed E-state index contributed by atoms with van der Waals surface area (Å²) in [5.41, 5.74) is 1.44. The Morgan fingerprint density at radius 1 is 1.10 bits per heavy atom. The van der Waals surface area contributed by atoms with Gasteiger partial charge in [0.2, 0.25) is 0 Å². The van der Waals surface area contributed by atoms with E-state index in [1.165, 1.54) is 11.3 Å². The third kappa shape index (κ3) is 4.83. The van der Waals surface area contributed by atoms with Crippen molar-refractivity contribution >= 4 is 60.9 Å². The number of hydrogen-bond donors (Lipinski definition) is 0. The predicted octanol–water partition coefficient (Wildman–Crippen LogP) is 4.46. The topological polar surface area (TPSA) is 54.9 Å². The highest BCUT2D eigenvalue weighted by atomic mass is 79.9. The van der Waals surface area contributed by atoms with E-state index in [0.717, 1.165) is 27.0 Å². The molecule has 29 heavy (non-hydrogen) atoms. The molecule has 4 rings (SSSR count). The third-order valence-corrected chi connectivity index (χ3v) is 5.95. The van der Waals surface area contributed by atoms with Gasteiger partial charge in [0.05, 0.1) is 10.2 Å². The number of benzene rings is 2. The molecule has 3 aromatic rings. The number of likely N-dealkylation sites (N-methyl/N-ethyl adjacent to an activating group) is 1. The van der Waals surface area contributed by atoms with Gasteiger partial charge in [-0.25, -0.2) is 4.98 Å². The summed E-state index contributed by atoms with van der Waals surface area (Å²) in [6.07, 6.45) is 0. The van der Waals surface area contributed by atoms with Crippen LogP contribution in [0.15, 0.2) is 40.9 Å². The Kier molecular flexibility index (Phi) is 7.00. The van der Waals surface area contributed by atoms with E-state index in [0.29, 0.717) is 36.2 Å². The van der Waals surface area contributed by atoms with Crippen LogP contribution in [0.1, 0.15) is 10.4 Å². The lowest BCUT2D eigenvalue weighted by Gasteiger charge is -2.22. The Labute approximate surface area is 188 Å². The molecule has 1 aromatic heterocycles. The van der Waals surface area contributed by atoms with E-state index in [4.69, 9.17) is 14.5 Å². The summed E-state index contributed by atoms with van der Waals surface area (Å²) < 4.78 is 13.2. The molecule has 2 aromatic carbocycles. The summed E-state index contributed by atoms with van der Waals surface area (Å²) in [4.78, 5) is 21.7. The molecule has 1 aliphatic heterocycles. The number of thiazole rings is 1. The molecule has 0 spiro atoms. The largest absolute Gasteiger partial charge is 0.486 e. The molecule has 0 saturated heterocycles. The fourth-order valence-electron chi connectivity index (χ4n) is 2.90. The van der Waals surface area contributed by atoms with Gasteiger partial charge in [-0.1, -0.05) is 27.3 Å². The molecule has 6 nitrogen and oxygen atoms in total. The SMILES string of the molecule is CN(C)CCN(C(=O)c1ccc(Br)cc1)c1nc2cc3c(cc2s1)OCCO3.Cl. The van der Waals surface area contributed by atoms with Gasteiger partial charge in [0.1, 0.15) is 13.2 Å². The maximum atomic E-state index is 13.2. The van der Waals surface area contributed by atoms with Crippen LogP contribution >= 0.6 is 39.7 Å². The smallest absolute Gasteiger partial charge is 0.260 e. The van der Waals surface area contributed by atoms with Gasteiger partial charge in [0.15, 0.2) is 16.6 Å². The maximum Gasteiger partial charge on any atom is 0.260 e. The normalized spacial score (nSPS) is 12.7. The molecule has 0 aliphatic carbocycles. The molecule has 0 saturated carbocycles. The van der Waals surface area contributed by atoms with E-state index >= 15 is 0 Å². The Balaban J connectivity index is 0.00000240. The zero-order chi connectivity index (χ0) is 19.7. The fourth-order valence-corrected chi connectivity index (χ4v) is 4.17. The van der Waals surface area contributed by atoms with E-state index in [-0.39, 0.29) is 18.3 Å². The van der Waals surface area contributed by atoms with Gasteiger partial charge in [-0.2, -0.15) is 0 Å². The molecule has 154 valence electrons. The average molecular weight is 499 g/mol. The van der Waals surface area contributed by atoms with E-state index < -0.39 is 0 Å². The van der Waals surface area contributed by atoms with Gasteiger partial charge in [0.25, 0.3) is 5.91 Å². The second-order valence-electron chi connectivity index (χ2n) is 6.73. The highest BCUT2D eigenvalue weighted by molar-refractivity contribution is 9.10. The minimum atomic E-state index is -0.0642. The van der Waals surface area contributed by atoms with E-state index in [1.807, 2.05) is 50.5 Å². The highest BCUT2D eigenvalue weighted by Crippen LogP contribution is 2.39. The van der Waals surface area contributed by atoms with Crippen molar-refractivity contribution in [3.8, 4) is 11.5 Å². The van der Waals surface area contributed by atoms with Gasteiger partial charge in [-0.3, -0.25) is 9.69 Å². The number of rotatable bonds is 5. The molecule has 9 heteroatoms. The van der Waals surface area contributed by atoms with Crippen molar-refractivity contribution in [2.24, 2.45) is 0 Å². The van der Waals surface area contributed by atoms with Gasteiger partial charge in [-0.05, 0) is 38.4 Å². The number of anilines is 1. The highest BCUT2D eigenvalue weighted by Gasteiger charge is 2.23. The molecule has 0 atom stereocenters. The summed E-state index contributed by atoms with van der Waals surface area (Å²) in [6.45, 7) is 2.36. The second-order valence-corrected chi connectivity index (χ2v) is 8.65. The van der Waals surface area contributed by atoms with Crippen LogP contribution in [0.2, 0.25) is 0 Å². The Bertz CT molecular complexity index is 967. The van der Waals surface area contributed by atoms with Crippen molar-refractivity contribution in [3.05, 3.63) is 46.4 Å². The number of fused-ring (bicyclic) bond motifs is 2. The first kappa shape index (κ1) is 21.8. The number of carbonyl (C=O) groups is 1. The minimum absolute atomic E-state index is 0. The molecule has 1 aliphatic rings. The molecule has 1 amide bonds. The van der Waals surface area contributed by atoms with Crippen LogP contribution < -0.4 is 14.4 Å². The molecular weight excluding hydrogens is 478 g/mol. The number of halogens is 2. The average Bonchev–Trinajstić information content (AvgIpc) is 3.08. The van der Waals surface area contributed by atoms with Crippen LogP contribution in [0.3, 0.4) is 0 Å². The first-order chi connectivity index (χ1) is 13.5. The van der Waals surface area contributed by atoms with Gasteiger partial charge in [-0.15, -0.1) is 12.4 Å². The lowest BCUT2D eigenvalue weighted by molar-refractivity contribution is 0.0985. The molecule has 0 fully saturated rings. The first-order valence-electron chi connectivity index (χ1n) is 8.93. The zero-order valence-corrected chi connectivity index (χ0v) is 19.3. The van der Waals surface area contributed by atoms with E-state index in [9.17, 15) is 4.79 Å². The van der Waals surface area contributed by atoms with Crippen LogP contribution in [0.25, 0.3) is 10.2 Å². The molecule has 0 bridgehead atoms. The standard InChI is InChI=1S/C20H20BrN3O3S.ClH/c1-23(2)7-8-24(19(25)13-3-5-14(21)6-4-13)20-22-15-11-16-17(12-18(15)28-20)27-10-9-26-16;/h3-6,11-12H,7-10H2,1-2H3;1H. The number of nitrogens with zero attached hydrogens (tertiary/aromatic N) is 3. The second kappa shape index (κ2) is 9.30. The first-order valence-corrected chi connectivity index (χ1v) is 10.5. The lowest BCUT2D eigenvalue weighted by Crippen LogP contribution is -2.36. The summed E-state index contributed by atoms with van der Waals surface area (Å²) in [5.74, 6) is 1.37. The number of hydrogen-bond acceptors (Lipinski definition) is 6. The number of carbonyl (C=O) groups excluding carboxylic acids is 1. The molecule has 0 N–H and O–H groups in total. The van der Waals surface area contributed by atoms with Crippen LogP contribution in [0.5, 0.6) is 11.5 Å². The maximum absolute atomic E-state index is 13.2. The summed E-state index contributed by atoms with van der Waals surface area (Å²) >= 11 is 4.90.